The summed E-state index contributed by atoms with van der Waals surface area (Å²) in [4.78, 5) is 23.7. The van der Waals surface area contributed by atoms with Crippen molar-refractivity contribution >= 4 is 11.9 Å². The molecule has 0 amide bonds. The second-order valence-corrected chi connectivity index (χ2v) is 12.4. The topological polar surface area (TPSA) is 43.4 Å². The molecule has 41 heavy (non-hydrogen) atoms. The number of hydrogen-bond acceptors (Lipinski definition) is 3. The molecule has 2 unspecified atom stereocenters. The van der Waals surface area contributed by atoms with Gasteiger partial charge in [-0.1, -0.05) is 181 Å². The zero-order chi connectivity index (χ0) is 30.2. The number of hydrogen-bond donors (Lipinski definition) is 0. The van der Waals surface area contributed by atoms with Crippen molar-refractivity contribution in [3.05, 3.63) is 0 Å². The molecular formula is C36H68F2O3. The first-order valence-corrected chi connectivity index (χ1v) is 18.1. The minimum atomic E-state index is -1.84. The van der Waals surface area contributed by atoms with E-state index in [0.29, 0.717) is 12.8 Å². The molecule has 3 nitrogen and oxygen atoms in total. The first kappa shape index (κ1) is 40.0. The average Bonchev–Trinajstić information content (AvgIpc) is 2.97. The summed E-state index contributed by atoms with van der Waals surface area (Å²) in [5.41, 5.74) is 0. The number of ether oxygens (including phenoxy) is 1. The molecule has 244 valence electrons. The molecule has 0 aromatic carbocycles. The molecule has 0 spiro atoms. The molecule has 0 rings (SSSR count). The quantitative estimate of drug-likeness (QED) is 0.0447. The van der Waals surface area contributed by atoms with Gasteiger partial charge in [0, 0.05) is 0 Å². The minimum Gasteiger partial charge on any atom is -0.389 e. The standard InChI is InChI=1S/C36H68F2O3/c1-3-5-7-9-11-13-15-17-19-21-23-25-27-29-31-33(37)35(39)41-36(40)34(38)32-30-28-26-24-22-20-18-16-14-12-10-8-6-4-2/h33-34H,3-32H2,1-2H3. The van der Waals surface area contributed by atoms with Crippen LogP contribution in [-0.2, 0) is 14.3 Å². The van der Waals surface area contributed by atoms with E-state index in [4.69, 9.17) is 0 Å². The van der Waals surface area contributed by atoms with E-state index in [-0.39, 0.29) is 12.8 Å². The summed E-state index contributed by atoms with van der Waals surface area (Å²) < 4.78 is 32.7. The van der Waals surface area contributed by atoms with Crippen molar-refractivity contribution in [3.8, 4) is 0 Å². The molecule has 0 N–H and O–H groups in total. The van der Waals surface area contributed by atoms with Gasteiger partial charge in [0.2, 0.25) is 0 Å². The zero-order valence-electron chi connectivity index (χ0n) is 27.3. The fourth-order valence-corrected chi connectivity index (χ4v) is 5.50. The normalized spacial score (nSPS) is 12.9. The highest BCUT2D eigenvalue weighted by Gasteiger charge is 2.26. The van der Waals surface area contributed by atoms with Gasteiger partial charge in [0.1, 0.15) is 0 Å². The van der Waals surface area contributed by atoms with E-state index in [1.54, 1.807) is 0 Å². The summed E-state index contributed by atoms with van der Waals surface area (Å²) in [5, 5.41) is 0. The van der Waals surface area contributed by atoms with Gasteiger partial charge in [-0.3, -0.25) is 0 Å². The lowest BCUT2D eigenvalue weighted by atomic mass is 10.0. The van der Waals surface area contributed by atoms with Crippen LogP contribution in [0.25, 0.3) is 0 Å². The van der Waals surface area contributed by atoms with Crippen LogP contribution >= 0.6 is 0 Å². The monoisotopic (exact) mass is 587 g/mol. The first-order valence-electron chi connectivity index (χ1n) is 18.1. The maximum Gasteiger partial charge on any atom is 0.348 e. The Balaban J connectivity index is 3.54. The summed E-state index contributed by atoms with van der Waals surface area (Å²) >= 11 is 0. The van der Waals surface area contributed by atoms with Gasteiger partial charge in [0.25, 0.3) is 0 Å². The minimum absolute atomic E-state index is 0.0417. The van der Waals surface area contributed by atoms with Gasteiger partial charge in [-0.2, -0.15) is 0 Å². The van der Waals surface area contributed by atoms with Gasteiger partial charge >= 0.3 is 11.9 Å². The third-order valence-electron chi connectivity index (χ3n) is 8.33. The molecule has 0 saturated heterocycles. The van der Waals surface area contributed by atoms with Gasteiger partial charge in [-0.05, 0) is 25.7 Å². The Kier molecular flexibility index (Phi) is 31.1. The highest BCUT2D eigenvalue weighted by Crippen LogP contribution is 2.17. The van der Waals surface area contributed by atoms with Crippen molar-refractivity contribution in [3.63, 3.8) is 0 Å². The van der Waals surface area contributed by atoms with Crippen LogP contribution in [-0.4, -0.2) is 24.3 Å². The van der Waals surface area contributed by atoms with E-state index < -0.39 is 24.3 Å². The highest BCUT2D eigenvalue weighted by atomic mass is 19.1. The van der Waals surface area contributed by atoms with Crippen molar-refractivity contribution in [2.75, 3.05) is 0 Å². The Hall–Kier alpha value is -1.00. The van der Waals surface area contributed by atoms with Crippen LogP contribution < -0.4 is 0 Å². The Labute approximate surface area is 253 Å². The number of unbranched alkanes of at least 4 members (excludes halogenated alkanes) is 26. The molecule has 2 atom stereocenters. The molecule has 0 aromatic rings. The fraction of sp³-hybridized carbons (Fsp3) is 0.944. The van der Waals surface area contributed by atoms with E-state index in [0.717, 1.165) is 38.5 Å². The number of carbonyl (C=O) groups is 2. The Morgan fingerprint density at radius 2 is 0.585 bits per heavy atom. The van der Waals surface area contributed by atoms with Crippen molar-refractivity contribution in [2.45, 2.75) is 219 Å². The van der Waals surface area contributed by atoms with E-state index in [1.807, 2.05) is 0 Å². The SMILES string of the molecule is CCCCCCCCCCCCCCCCC(F)C(=O)OC(=O)C(F)CCCCCCCCCCCCCCCC. The molecule has 0 bridgehead atoms. The first-order chi connectivity index (χ1) is 20.0. The molecule has 5 heteroatoms. The van der Waals surface area contributed by atoms with Crippen LogP contribution in [0.3, 0.4) is 0 Å². The third kappa shape index (κ3) is 28.9. The number of carbonyl (C=O) groups excluding carboxylic acids is 2. The van der Waals surface area contributed by atoms with Crippen molar-refractivity contribution in [1.82, 2.24) is 0 Å². The van der Waals surface area contributed by atoms with Crippen molar-refractivity contribution < 1.29 is 23.1 Å². The lowest BCUT2D eigenvalue weighted by Gasteiger charge is -2.10. The van der Waals surface area contributed by atoms with E-state index >= 15 is 0 Å². The number of halogens is 2. The Bertz CT molecular complexity index is 521. The molecule has 0 aliphatic carbocycles. The largest absolute Gasteiger partial charge is 0.389 e. The second-order valence-electron chi connectivity index (χ2n) is 12.4. The highest BCUT2D eigenvalue weighted by molar-refractivity contribution is 5.89. The molecule has 0 heterocycles. The maximum absolute atomic E-state index is 14.1. The van der Waals surface area contributed by atoms with Gasteiger partial charge < -0.3 is 4.74 Å². The molecule has 0 aromatic heterocycles. The van der Waals surface area contributed by atoms with Gasteiger partial charge in [-0.15, -0.1) is 0 Å². The average molecular weight is 587 g/mol. The fourth-order valence-electron chi connectivity index (χ4n) is 5.50. The molecule has 0 aliphatic heterocycles. The summed E-state index contributed by atoms with van der Waals surface area (Å²) in [6, 6.07) is 0. The van der Waals surface area contributed by atoms with Crippen LogP contribution in [0.2, 0.25) is 0 Å². The van der Waals surface area contributed by atoms with Gasteiger partial charge in [0.15, 0.2) is 12.3 Å². The number of rotatable bonds is 32. The molecular weight excluding hydrogens is 518 g/mol. The molecule has 0 radical (unpaired) electrons. The van der Waals surface area contributed by atoms with Crippen LogP contribution in [0.1, 0.15) is 206 Å². The zero-order valence-corrected chi connectivity index (χ0v) is 27.3. The van der Waals surface area contributed by atoms with Gasteiger partial charge in [0.05, 0.1) is 0 Å². The maximum atomic E-state index is 14.1. The van der Waals surface area contributed by atoms with Crippen LogP contribution in [0, 0.1) is 0 Å². The summed E-state index contributed by atoms with van der Waals surface area (Å²) in [6.45, 7) is 4.49. The number of esters is 2. The van der Waals surface area contributed by atoms with Crippen LogP contribution in [0.4, 0.5) is 8.78 Å². The Morgan fingerprint density at radius 1 is 0.390 bits per heavy atom. The van der Waals surface area contributed by atoms with Gasteiger partial charge in [-0.25, -0.2) is 18.4 Å². The van der Waals surface area contributed by atoms with Crippen molar-refractivity contribution in [2.24, 2.45) is 0 Å². The summed E-state index contributed by atoms with van der Waals surface area (Å²) in [5.74, 6) is -2.46. The molecule has 0 aliphatic rings. The third-order valence-corrected chi connectivity index (χ3v) is 8.33. The second kappa shape index (κ2) is 31.9. The predicted molar refractivity (Wildman–Crippen MR) is 171 cm³/mol. The van der Waals surface area contributed by atoms with Crippen LogP contribution in [0.5, 0.6) is 0 Å². The summed E-state index contributed by atoms with van der Waals surface area (Å²) in [7, 11) is 0. The Morgan fingerprint density at radius 3 is 0.805 bits per heavy atom. The van der Waals surface area contributed by atoms with Crippen LogP contribution in [0.15, 0.2) is 0 Å². The lowest BCUT2D eigenvalue weighted by molar-refractivity contribution is -0.167. The van der Waals surface area contributed by atoms with E-state index in [9.17, 15) is 18.4 Å². The number of alkyl halides is 2. The summed E-state index contributed by atoms with van der Waals surface area (Å²) in [6.07, 6.45) is 30.1. The lowest BCUT2D eigenvalue weighted by Crippen LogP contribution is -2.27. The predicted octanol–water partition coefficient (Wildman–Crippen LogP) is 12.5. The van der Waals surface area contributed by atoms with Crippen molar-refractivity contribution in [1.29, 1.82) is 0 Å². The van der Waals surface area contributed by atoms with E-state index in [2.05, 4.69) is 18.6 Å². The smallest absolute Gasteiger partial charge is 0.348 e. The van der Waals surface area contributed by atoms with E-state index in [1.165, 1.54) is 128 Å². The molecule has 0 fully saturated rings. The molecule has 0 saturated carbocycles.